The van der Waals surface area contributed by atoms with E-state index < -0.39 is 6.03 Å². The van der Waals surface area contributed by atoms with Gasteiger partial charge in [-0.1, -0.05) is 12.1 Å². The van der Waals surface area contributed by atoms with E-state index in [1.807, 2.05) is 0 Å². The maximum atomic E-state index is 11.2. The molecule has 0 heterocycles. The molecule has 0 unspecified atom stereocenters. The van der Waals surface area contributed by atoms with E-state index in [1.165, 1.54) is 14.2 Å². The van der Waals surface area contributed by atoms with E-state index in [1.54, 1.807) is 24.3 Å². The third-order valence-corrected chi connectivity index (χ3v) is 1.78. The van der Waals surface area contributed by atoms with Crippen molar-refractivity contribution in [3.8, 4) is 5.75 Å². The highest BCUT2D eigenvalue weighted by Crippen LogP contribution is 2.25. The van der Waals surface area contributed by atoms with E-state index in [9.17, 15) is 4.79 Å². The van der Waals surface area contributed by atoms with Gasteiger partial charge in [-0.3, -0.25) is 0 Å². The number of anilines is 1. The summed E-state index contributed by atoms with van der Waals surface area (Å²) in [7, 11) is 3.04. The number of nitrogens with two attached hydrogens (primary N) is 1. The first-order valence-corrected chi connectivity index (χ1v) is 4.10. The van der Waals surface area contributed by atoms with E-state index >= 15 is 0 Å². The van der Waals surface area contributed by atoms with Crippen molar-refractivity contribution >= 4 is 11.7 Å². The van der Waals surface area contributed by atoms with Crippen molar-refractivity contribution in [3.63, 3.8) is 0 Å². The molecule has 1 aromatic carbocycles. The zero-order valence-electron chi connectivity index (χ0n) is 8.15. The average Bonchev–Trinajstić information content (AvgIpc) is 2.26. The Labute approximate surface area is 82.4 Å². The first-order valence-electron chi connectivity index (χ1n) is 4.10. The fraction of sp³-hybridized carbons (Fsp3) is 0.222. The van der Waals surface area contributed by atoms with Gasteiger partial charge >= 0.3 is 6.03 Å². The molecule has 2 amide bonds. The minimum atomic E-state index is -0.394. The summed E-state index contributed by atoms with van der Waals surface area (Å²) in [6, 6.07) is 6.63. The first-order chi connectivity index (χ1) is 6.70. The summed E-state index contributed by atoms with van der Waals surface area (Å²) in [5.74, 6) is 6.12. The Hall–Kier alpha value is -1.75. The Morgan fingerprint density at radius 3 is 2.71 bits per heavy atom. The highest BCUT2D eigenvalue weighted by atomic mass is 16.5. The standard InChI is InChI=1S/C9H13N3O2/c1-11-9(13)12(10)7-5-3-4-6-8(7)14-2/h3-6H,10H2,1-2H3,(H,11,13). The number of carbonyl (C=O) groups is 1. The molecule has 3 N–H and O–H groups in total. The topological polar surface area (TPSA) is 67.6 Å². The number of amides is 2. The number of ether oxygens (including phenoxy) is 1. The molecule has 0 aliphatic rings. The van der Waals surface area contributed by atoms with Crippen LogP contribution in [0.5, 0.6) is 5.75 Å². The molecule has 0 aliphatic carbocycles. The third-order valence-electron chi connectivity index (χ3n) is 1.78. The second kappa shape index (κ2) is 4.48. The zero-order chi connectivity index (χ0) is 10.6. The lowest BCUT2D eigenvalue weighted by Crippen LogP contribution is -2.43. The highest BCUT2D eigenvalue weighted by molar-refractivity contribution is 5.92. The average molecular weight is 195 g/mol. The maximum absolute atomic E-state index is 11.2. The summed E-state index contributed by atoms with van der Waals surface area (Å²) in [4.78, 5) is 11.2. The molecule has 0 aliphatic heterocycles. The van der Waals surface area contributed by atoms with Crippen molar-refractivity contribution in [2.24, 2.45) is 5.84 Å². The second-order valence-corrected chi connectivity index (χ2v) is 2.60. The van der Waals surface area contributed by atoms with Gasteiger partial charge in [-0.2, -0.15) is 0 Å². The van der Waals surface area contributed by atoms with Gasteiger partial charge < -0.3 is 10.1 Å². The molecule has 0 fully saturated rings. The summed E-state index contributed by atoms with van der Waals surface area (Å²) in [6.07, 6.45) is 0. The van der Waals surface area contributed by atoms with Crippen LogP contribution in [0.4, 0.5) is 10.5 Å². The molecular weight excluding hydrogens is 182 g/mol. The molecule has 76 valence electrons. The first kappa shape index (κ1) is 10.3. The number of rotatable bonds is 2. The van der Waals surface area contributed by atoms with E-state index in [4.69, 9.17) is 10.6 Å². The summed E-state index contributed by atoms with van der Waals surface area (Å²) < 4.78 is 5.06. The molecular formula is C9H13N3O2. The van der Waals surface area contributed by atoms with Crippen molar-refractivity contribution in [1.29, 1.82) is 0 Å². The van der Waals surface area contributed by atoms with Crippen LogP contribution in [0.2, 0.25) is 0 Å². The van der Waals surface area contributed by atoms with Crippen LogP contribution in [0.15, 0.2) is 24.3 Å². The molecule has 0 spiro atoms. The maximum Gasteiger partial charge on any atom is 0.336 e. The van der Waals surface area contributed by atoms with Gasteiger partial charge in [0.25, 0.3) is 0 Å². The van der Waals surface area contributed by atoms with Crippen molar-refractivity contribution in [1.82, 2.24) is 5.32 Å². The number of hydrogen-bond acceptors (Lipinski definition) is 3. The summed E-state index contributed by atoms with van der Waals surface area (Å²) in [5.41, 5.74) is 0.523. The van der Waals surface area contributed by atoms with Gasteiger partial charge in [-0.15, -0.1) is 0 Å². The van der Waals surface area contributed by atoms with Gasteiger partial charge in [-0.05, 0) is 12.1 Å². The number of benzene rings is 1. The Kier molecular flexibility index (Phi) is 3.30. The molecule has 0 saturated heterocycles. The number of hydrazine groups is 1. The second-order valence-electron chi connectivity index (χ2n) is 2.60. The third kappa shape index (κ3) is 1.94. The molecule has 5 nitrogen and oxygen atoms in total. The Morgan fingerprint density at radius 1 is 1.50 bits per heavy atom. The number of urea groups is 1. The van der Waals surface area contributed by atoms with Crippen molar-refractivity contribution in [2.45, 2.75) is 0 Å². The summed E-state index contributed by atoms with van der Waals surface area (Å²) in [6.45, 7) is 0. The van der Waals surface area contributed by atoms with E-state index in [0.717, 1.165) is 5.01 Å². The van der Waals surface area contributed by atoms with Crippen molar-refractivity contribution in [2.75, 3.05) is 19.2 Å². The van der Waals surface area contributed by atoms with E-state index in [-0.39, 0.29) is 0 Å². The molecule has 0 radical (unpaired) electrons. The fourth-order valence-electron chi connectivity index (χ4n) is 1.06. The molecule has 5 heteroatoms. The van der Waals surface area contributed by atoms with Gasteiger partial charge in [0.1, 0.15) is 11.4 Å². The lowest BCUT2D eigenvalue weighted by molar-refractivity contribution is 0.248. The normalized spacial score (nSPS) is 9.36. The van der Waals surface area contributed by atoms with Gasteiger partial charge in [0.05, 0.1) is 7.11 Å². The van der Waals surface area contributed by atoms with Crippen molar-refractivity contribution < 1.29 is 9.53 Å². The van der Waals surface area contributed by atoms with Crippen LogP contribution in [-0.4, -0.2) is 20.2 Å². The number of hydrogen-bond donors (Lipinski definition) is 2. The minimum absolute atomic E-state index is 0.394. The van der Waals surface area contributed by atoms with Crippen LogP contribution in [-0.2, 0) is 0 Å². The summed E-state index contributed by atoms with van der Waals surface area (Å²) in [5, 5.41) is 3.42. The monoisotopic (exact) mass is 195 g/mol. The summed E-state index contributed by atoms with van der Waals surface area (Å²) >= 11 is 0. The Bertz CT molecular complexity index is 328. The number of methoxy groups -OCH3 is 1. The van der Waals surface area contributed by atoms with E-state index in [0.29, 0.717) is 11.4 Å². The van der Waals surface area contributed by atoms with Gasteiger partial charge in [0.15, 0.2) is 0 Å². The number of para-hydroxylation sites is 2. The van der Waals surface area contributed by atoms with Crippen LogP contribution in [0.1, 0.15) is 0 Å². The Balaban J connectivity index is 2.99. The quantitative estimate of drug-likeness (QED) is 0.415. The van der Waals surface area contributed by atoms with Gasteiger partial charge in [0.2, 0.25) is 0 Å². The predicted octanol–water partition coefficient (Wildman–Crippen LogP) is 0.715. The largest absolute Gasteiger partial charge is 0.495 e. The van der Waals surface area contributed by atoms with Gasteiger partial charge in [0, 0.05) is 7.05 Å². The van der Waals surface area contributed by atoms with Crippen LogP contribution >= 0.6 is 0 Å². The molecule has 14 heavy (non-hydrogen) atoms. The smallest absolute Gasteiger partial charge is 0.336 e. The Morgan fingerprint density at radius 2 is 2.14 bits per heavy atom. The molecule has 0 atom stereocenters. The zero-order valence-corrected chi connectivity index (χ0v) is 8.15. The number of nitrogens with one attached hydrogen (secondary N) is 1. The SMILES string of the molecule is CNC(=O)N(N)c1ccccc1OC. The lowest BCUT2D eigenvalue weighted by Gasteiger charge is -2.18. The van der Waals surface area contributed by atoms with E-state index in [2.05, 4.69) is 5.32 Å². The van der Waals surface area contributed by atoms with Crippen LogP contribution in [0.3, 0.4) is 0 Å². The lowest BCUT2D eigenvalue weighted by atomic mass is 10.3. The molecule has 1 rings (SSSR count). The van der Waals surface area contributed by atoms with Gasteiger partial charge in [-0.25, -0.2) is 15.6 Å². The fourth-order valence-corrected chi connectivity index (χ4v) is 1.06. The molecule has 1 aromatic rings. The van der Waals surface area contributed by atoms with Crippen molar-refractivity contribution in [3.05, 3.63) is 24.3 Å². The number of nitrogens with zero attached hydrogens (tertiary/aromatic N) is 1. The molecule has 0 bridgehead atoms. The van der Waals surface area contributed by atoms with Crippen LogP contribution in [0, 0.1) is 0 Å². The van der Waals surface area contributed by atoms with Crippen LogP contribution < -0.4 is 20.9 Å². The predicted molar refractivity (Wildman–Crippen MR) is 54.1 cm³/mol. The number of carbonyl (C=O) groups excluding carboxylic acids is 1. The highest BCUT2D eigenvalue weighted by Gasteiger charge is 2.13. The molecule has 0 saturated carbocycles. The van der Waals surface area contributed by atoms with Crippen LogP contribution in [0.25, 0.3) is 0 Å². The molecule has 0 aromatic heterocycles. The minimum Gasteiger partial charge on any atom is -0.495 e.